The summed E-state index contributed by atoms with van der Waals surface area (Å²) in [5.74, 6) is 1.40. The van der Waals surface area contributed by atoms with Crippen LogP contribution in [0.15, 0.2) is 18.2 Å². The van der Waals surface area contributed by atoms with Crippen LogP contribution in [0.3, 0.4) is 0 Å². The molecule has 0 bridgehead atoms. The number of rotatable bonds is 3. The van der Waals surface area contributed by atoms with Gasteiger partial charge in [0.25, 0.3) is 0 Å². The maximum Gasteiger partial charge on any atom is 0.231 e. The van der Waals surface area contributed by atoms with Crippen molar-refractivity contribution in [2.24, 2.45) is 0 Å². The monoisotopic (exact) mass is 249 g/mol. The van der Waals surface area contributed by atoms with Gasteiger partial charge in [0.2, 0.25) is 6.79 Å². The van der Waals surface area contributed by atoms with Crippen molar-refractivity contribution in [2.75, 3.05) is 6.79 Å². The van der Waals surface area contributed by atoms with Gasteiger partial charge in [0.1, 0.15) is 0 Å². The van der Waals surface area contributed by atoms with Crippen LogP contribution in [0.25, 0.3) is 0 Å². The molecule has 2 rings (SSSR count). The van der Waals surface area contributed by atoms with E-state index in [1.165, 1.54) is 0 Å². The number of fused-ring (bicyclic) bond motifs is 1. The summed E-state index contributed by atoms with van der Waals surface area (Å²) >= 11 is 0. The molecule has 0 fully saturated rings. The number of ether oxygens (including phenoxy) is 2. The molecule has 0 saturated heterocycles. The third-order valence-corrected chi connectivity index (χ3v) is 2.70. The quantitative estimate of drug-likeness (QED) is 0.835. The molecule has 0 aromatic heterocycles. The Hall–Kier alpha value is -1.55. The van der Waals surface area contributed by atoms with Crippen LogP contribution in [0.5, 0.6) is 11.5 Å². The van der Waals surface area contributed by atoms with Crippen molar-refractivity contribution < 1.29 is 14.3 Å². The van der Waals surface area contributed by atoms with Crippen molar-refractivity contribution >= 4 is 5.78 Å². The molecule has 1 aliphatic heterocycles. The van der Waals surface area contributed by atoms with Gasteiger partial charge in [0, 0.05) is 11.1 Å². The van der Waals surface area contributed by atoms with Crippen molar-refractivity contribution in [3.63, 3.8) is 0 Å². The van der Waals surface area contributed by atoms with Crippen LogP contribution in [0.4, 0.5) is 0 Å². The Morgan fingerprint density at radius 2 is 1.94 bits per heavy atom. The molecule has 18 heavy (non-hydrogen) atoms. The number of benzene rings is 1. The number of ketones is 1. The van der Waals surface area contributed by atoms with E-state index in [1.807, 2.05) is 27.7 Å². The fraction of sp³-hybridized carbons (Fsp3) is 0.500. The maximum atomic E-state index is 12.3. The average Bonchev–Trinajstić information content (AvgIpc) is 2.72. The highest BCUT2D eigenvalue weighted by Crippen LogP contribution is 2.32. The van der Waals surface area contributed by atoms with E-state index in [1.54, 1.807) is 18.2 Å². The van der Waals surface area contributed by atoms with Crippen LogP contribution in [0.2, 0.25) is 0 Å². The zero-order valence-electron chi connectivity index (χ0n) is 11.2. The third kappa shape index (κ3) is 2.82. The number of hydrogen-bond acceptors (Lipinski definition) is 4. The van der Waals surface area contributed by atoms with Gasteiger partial charge in [-0.1, -0.05) is 0 Å². The van der Waals surface area contributed by atoms with Gasteiger partial charge < -0.3 is 14.8 Å². The molecule has 4 heteroatoms. The minimum absolute atomic E-state index is 0.0585. The number of carbonyl (C=O) groups excluding carboxylic acids is 1. The van der Waals surface area contributed by atoms with E-state index in [-0.39, 0.29) is 24.2 Å². The summed E-state index contributed by atoms with van der Waals surface area (Å²) in [5.41, 5.74) is 0.550. The summed E-state index contributed by atoms with van der Waals surface area (Å²) in [6, 6.07) is 5.06. The maximum absolute atomic E-state index is 12.3. The molecule has 1 atom stereocenters. The van der Waals surface area contributed by atoms with Crippen LogP contribution in [0.1, 0.15) is 38.1 Å². The molecule has 0 unspecified atom stereocenters. The summed E-state index contributed by atoms with van der Waals surface area (Å²) in [5, 5.41) is 3.26. The molecule has 0 amide bonds. The van der Waals surface area contributed by atoms with E-state index in [9.17, 15) is 4.79 Å². The molecule has 4 nitrogen and oxygen atoms in total. The van der Waals surface area contributed by atoms with Crippen molar-refractivity contribution in [1.82, 2.24) is 5.32 Å². The average molecular weight is 249 g/mol. The van der Waals surface area contributed by atoms with E-state index in [4.69, 9.17) is 9.47 Å². The van der Waals surface area contributed by atoms with Crippen molar-refractivity contribution in [3.8, 4) is 11.5 Å². The van der Waals surface area contributed by atoms with Gasteiger partial charge in [-0.25, -0.2) is 0 Å². The Kier molecular flexibility index (Phi) is 3.30. The predicted octanol–water partition coefficient (Wildman–Crippen LogP) is 2.37. The van der Waals surface area contributed by atoms with Crippen LogP contribution in [0, 0.1) is 0 Å². The second-order valence-electron chi connectivity index (χ2n) is 5.55. The van der Waals surface area contributed by atoms with E-state index in [0.29, 0.717) is 17.1 Å². The lowest BCUT2D eigenvalue weighted by Gasteiger charge is -2.25. The lowest BCUT2D eigenvalue weighted by molar-refractivity contribution is 0.0935. The van der Waals surface area contributed by atoms with Gasteiger partial charge in [0.05, 0.1) is 6.04 Å². The van der Waals surface area contributed by atoms with E-state index >= 15 is 0 Å². The first-order chi connectivity index (χ1) is 8.37. The molecular formula is C14H19NO3. The molecule has 0 radical (unpaired) electrons. The Morgan fingerprint density at radius 1 is 1.28 bits per heavy atom. The fourth-order valence-corrected chi connectivity index (χ4v) is 2.01. The fourth-order valence-electron chi connectivity index (χ4n) is 2.01. The normalized spacial score (nSPS) is 15.6. The largest absolute Gasteiger partial charge is 0.454 e. The number of nitrogens with one attached hydrogen (secondary N) is 1. The third-order valence-electron chi connectivity index (χ3n) is 2.70. The second kappa shape index (κ2) is 4.61. The summed E-state index contributed by atoms with van der Waals surface area (Å²) in [7, 11) is 0. The molecule has 0 aliphatic carbocycles. The van der Waals surface area contributed by atoms with E-state index in [0.717, 1.165) is 0 Å². The highest BCUT2D eigenvalue weighted by molar-refractivity contribution is 6.00. The molecule has 98 valence electrons. The first kappa shape index (κ1) is 12.9. The molecule has 0 spiro atoms. The van der Waals surface area contributed by atoms with Crippen LogP contribution in [-0.4, -0.2) is 24.2 Å². The number of carbonyl (C=O) groups is 1. The highest BCUT2D eigenvalue weighted by Gasteiger charge is 2.22. The SMILES string of the molecule is C[C@@H](NC(C)(C)C)C(=O)c1ccc2c(c1)OCO2. The van der Waals surface area contributed by atoms with Gasteiger partial charge in [-0.2, -0.15) is 0 Å². The van der Waals surface area contributed by atoms with E-state index < -0.39 is 0 Å². The topological polar surface area (TPSA) is 47.6 Å². The predicted molar refractivity (Wildman–Crippen MR) is 69.2 cm³/mol. The smallest absolute Gasteiger partial charge is 0.231 e. The summed E-state index contributed by atoms with van der Waals surface area (Å²) in [6.07, 6.45) is 0. The Balaban J connectivity index is 2.14. The minimum Gasteiger partial charge on any atom is -0.454 e. The lowest BCUT2D eigenvalue weighted by Crippen LogP contribution is -2.46. The molecule has 0 saturated carbocycles. The van der Waals surface area contributed by atoms with Crippen molar-refractivity contribution in [1.29, 1.82) is 0 Å². The minimum atomic E-state index is -0.231. The molecule has 1 heterocycles. The molecular weight excluding hydrogens is 230 g/mol. The zero-order valence-corrected chi connectivity index (χ0v) is 11.2. The second-order valence-corrected chi connectivity index (χ2v) is 5.55. The Bertz CT molecular complexity index is 463. The molecule has 1 aliphatic rings. The first-order valence-electron chi connectivity index (χ1n) is 6.08. The van der Waals surface area contributed by atoms with Gasteiger partial charge >= 0.3 is 0 Å². The number of hydrogen-bond donors (Lipinski definition) is 1. The standard InChI is InChI=1S/C14H19NO3/c1-9(15-14(2,3)4)13(16)10-5-6-11-12(7-10)18-8-17-11/h5-7,9,15H,8H2,1-4H3/t9-/m1/s1. The Labute approximate surface area is 107 Å². The van der Waals surface area contributed by atoms with Gasteiger partial charge in [-0.15, -0.1) is 0 Å². The summed E-state index contributed by atoms with van der Waals surface area (Å²) in [6.45, 7) is 8.21. The number of Topliss-reactive ketones (excluding diaryl/α,β-unsaturated/α-hetero) is 1. The molecule has 1 aromatic carbocycles. The lowest BCUT2D eigenvalue weighted by atomic mass is 10.0. The molecule has 1 aromatic rings. The van der Waals surface area contributed by atoms with Crippen LogP contribution >= 0.6 is 0 Å². The van der Waals surface area contributed by atoms with Gasteiger partial charge in [-0.3, -0.25) is 4.79 Å². The highest BCUT2D eigenvalue weighted by atomic mass is 16.7. The van der Waals surface area contributed by atoms with Gasteiger partial charge in [-0.05, 0) is 45.9 Å². The van der Waals surface area contributed by atoms with Crippen molar-refractivity contribution in [3.05, 3.63) is 23.8 Å². The van der Waals surface area contributed by atoms with E-state index in [2.05, 4.69) is 5.32 Å². The molecule has 1 N–H and O–H groups in total. The van der Waals surface area contributed by atoms with Crippen LogP contribution < -0.4 is 14.8 Å². The summed E-state index contributed by atoms with van der Waals surface area (Å²) < 4.78 is 10.5. The van der Waals surface area contributed by atoms with Crippen LogP contribution in [-0.2, 0) is 0 Å². The van der Waals surface area contributed by atoms with Crippen molar-refractivity contribution in [2.45, 2.75) is 39.3 Å². The Morgan fingerprint density at radius 3 is 2.61 bits per heavy atom. The zero-order chi connectivity index (χ0) is 13.3. The van der Waals surface area contributed by atoms with Gasteiger partial charge in [0.15, 0.2) is 17.3 Å². The first-order valence-corrected chi connectivity index (χ1v) is 6.08. The summed E-state index contributed by atoms with van der Waals surface area (Å²) in [4.78, 5) is 12.3.